The Kier molecular flexibility index (Phi) is 7.25. The minimum Gasteiger partial charge on any atom is -0.351 e. The number of anilines is 2. The molecule has 3 aromatic rings. The maximum Gasteiger partial charge on any atom is 0.252 e. The van der Waals surface area contributed by atoms with Crippen LogP contribution in [0.25, 0.3) is 0 Å². The Bertz CT molecular complexity index is 1320. The van der Waals surface area contributed by atoms with Crippen LogP contribution in [-0.4, -0.2) is 46.3 Å². The molecule has 1 aliphatic carbocycles. The number of alkyl halides is 2. The van der Waals surface area contributed by atoms with Gasteiger partial charge < -0.3 is 10.2 Å². The third kappa shape index (κ3) is 5.31. The molecule has 11 heteroatoms. The first-order valence-electron chi connectivity index (χ1n) is 12.3. The molecule has 1 aliphatic heterocycles. The Morgan fingerprint density at radius 2 is 1.82 bits per heavy atom. The average Bonchev–Trinajstić information content (AvgIpc) is 3.37. The van der Waals surface area contributed by atoms with E-state index < -0.39 is 54.5 Å². The lowest BCUT2D eigenvalue weighted by Gasteiger charge is -2.39. The molecule has 38 heavy (non-hydrogen) atoms. The second-order valence-corrected chi connectivity index (χ2v) is 9.89. The lowest BCUT2D eigenvalue weighted by molar-refractivity contribution is -0.133. The van der Waals surface area contributed by atoms with Crippen molar-refractivity contribution in [1.29, 1.82) is 0 Å². The highest BCUT2D eigenvalue weighted by Crippen LogP contribution is 2.39. The summed E-state index contributed by atoms with van der Waals surface area (Å²) >= 11 is 6.50. The van der Waals surface area contributed by atoms with Gasteiger partial charge in [0.05, 0.1) is 0 Å². The largest absolute Gasteiger partial charge is 0.351 e. The smallest absolute Gasteiger partial charge is 0.252 e. The second-order valence-electron chi connectivity index (χ2n) is 9.48. The normalized spacial score (nSPS) is 19.5. The fourth-order valence-electron chi connectivity index (χ4n) is 5.03. The Morgan fingerprint density at radius 1 is 1.08 bits per heavy atom. The minimum absolute atomic E-state index is 0.134. The number of nitrogens with zero attached hydrogens (tertiary/aromatic N) is 4. The number of halogens is 4. The summed E-state index contributed by atoms with van der Waals surface area (Å²) in [5, 5.41) is 2.85. The number of carbonyl (C=O) groups is 2. The summed E-state index contributed by atoms with van der Waals surface area (Å²) in [6.45, 7) is 0.511. The van der Waals surface area contributed by atoms with Crippen molar-refractivity contribution in [2.75, 3.05) is 16.3 Å². The van der Waals surface area contributed by atoms with Gasteiger partial charge in [-0.2, -0.15) is 0 Å². The first-order chi connectivity index (χ1) is 18.2. The Balaban J connectivity index is 1.58. The van der Waals surface area contributed by atoms with Crippen molar-refractivity contribution in [3.8, 4) is 0 Å². The van der Waals surface area contributed by atoms with E-state index in [9.17, 15) is 22.8 Å². The van der Waals surface area contributed by atoms with Crippen molar-refractivity contribution in [2.45, 2.75) is 49.7 Å². The molecule has 2 atom stereocenters. The predicted molar refractivity (Wildman–Crippen MR) is 137 cm³/mol. The molecule has 1 aromatic heterocycles. The summed E-state index contributed by atoms with van der Waals surface area (Å²) in [4.78, 5) is 39.6. The van der Waals surface area contributed by atoms with E-state index in [2.05, 4.69) is 15.3 Å². The first kappa shape index (κ1) is 26.0. The average molecular weight is 544 g/mol. The van der Waals surface area contributed by atoms with Crippen LogP contribution in [-0.2, 0) is 9.59 Å². The third-order valence-electron chi connectivity index (χ3n) is 6.81. The van der Waals surface area contributed by atoms with Crippen molar-refractivity contribution in [3.63, 3.8) is 0 Å². The lowest BCUT2D eigenvalue weighted by atomic mass is 9.87. The number of rotatable bonds is 7. The van der Waals surface area contributed by atoms with Gasteiger partial charge in [-0.15, -0.1) is 0 Å². The molecule has 1 N–H and O–H groups in total. The van der Waals surface area contributed by atoms with Crippen LogP contribution in [0.4, 0.5) is 24.8 Å². The summed E-state index contributed by atoms with van der Waals surface area (Å²) in [6, 6.07) is 10.7. The van der Waals surface area contributed by atoms with Gasteiger partial charge in [0.15, 0.2) is 0 Å². The number of aromatic nitrogens is 2. The van der Waals surface area contributed by atoms with Gasteiger partial charge >= 0.3 is 0 Å². The SMILES string of the molecule is O=C(NC1CC(F)(F)C1)C(c1ccccc1Cl)N(C(=O)C1CCCN1c1ncccn1)c1cccc(F)c1. The van der Waals surface area contributed by atoms with Crippen LogP contribution < -0.4 is 15.1 Å². The van der Waals surface area contributed by atoms with Gasteiger partial charge in [0.25, 0.3) is 11.8 Å². The molecular formula is C27H25ClF3N5O2. The van der Waals surface area contributed by atoms with Gasteiger partial charge in [-0.1, -0.05) is 35.9 Å². The van der Waals surface area contributed by atoms with E-state index in [1.54, 1.807) is 47.6 Å². The number of amides is 2. The maximum absolute atomic E-state index is 14.4. The van der Waals surface area contributed by atoms with E-state index in [0.29, 0.717) is 25.3 Å². The Labute approximate surface area is 222 Å². The quantitative estimate of drug-likeness (QED) is 0.457. The minimum atomic E-state index is -2.85. The molecule has 1 saturated heterocycles. The fraction of sp³-hybridized carbons (Fsp3) is 0.333. The summed E-state index contributed by atoms with van der Waals surface area (Å²) in [5.41, 5.74) is 0.422. The van der Waals surface area contributed by atoms with Crippen LogP contribution in [0.2, 0.25) is 5.02 Å². The van der Waals surface area contributed by atoms with E-state index in [0.717, 1.165) is 6.07 Å². The van der Waals surface area contributed by atoms with Crippen LogP contribution in [0.1, 0.15) is 37.3 Å². The summed E-state index contributed by atoms with van der Waals surface area (Å²) in [7, 11) is 0. The fourth-order valence-corrected chi connectivity index (χ4v) is 5.27. The molecule has 2 aromatic carbocycles. The standard InChI is InChI=1S/C27H25ClF3N5O2/c28-21-9-2-1-8-20(21)23(24(37)34-18-15-27(30,31)16-18)36(19-7-3-6-17(29)14-19)25(38)22-10-4-13-35(22)26-32-11-5-12-33-26/h1-3,5-9,11-12,14,18,22-23H,4,10,13,15-16H2,(H,34,37). The van der Waals surface area contributed by atoms with Crippen molar-refractivity contribution in [3.05, 3.63) is 83.4 Å². The van der Waals surface area contributed by atoms with Gasteiger partial charge in [0.2, 0.25) is 11.9 Å². The second kappa shape index (κ2) is 10.6. The van der Waals surface area contributed by atoms with Crippen molar-refractivity contribution in [2.24, 2.45) is 0 Å². The zero-order chi connectivity index (χ0) is 26.9. The van der Waals surface area contributed by atoms with Crippen LogP contribution in [0.5, 0.6) is 0 Å². The molecule has 7 nitrogen and oxygen atoms in total. The van der Waals surface area contributed by atoms with Crippen molar-refractivity contribution < 1.29 is 22.8 Å². The molecule has 2 heterocycles. The molecule has 2 fully saturated rings. The highest BCUT2D eigenvalue weighted by atomic mass is 35.5. The van der Waals surface area contributed by atoms with E-state index >= 15 is 0 Å². The molecule has 5 rings (SSSR count). The van der Waals surface area contributed by atoms with Crippen molar-refractivity contribution in [1.82, 2.24) is 15.3 Å². The molecule has 0 radical (unpaired) electrons. The number of carbonyl (C=O) groups excluding carboxylic acids is 2. The summed E-state index contributed by atoms with van der Waals surface area (Å²) < 4.78 is 41.5. The van der Waals surface area contributed by atoms with Gasteiger partial charge in [0, 0.05) is 54.1 Å². The lowest BCUT2D eigenvalue weighted by Crippen LogP contribution is -2.56. The monoisotopic (exact) mass is 543 g/mol. The molecule has 0 spiro atoms. The number of hydrogen-bond donors (Lipinski definition) is 1. The number of nitrogens with one attached hydrogen (secondary N) is 1. The molecular weight excluding hydrogens is 519 g/mol. The molecule has 2 unspecified atom stereocenters. The highest BCUT2D eigenvalue weighted by Gasteiger charge is 2.48. The van der Waals surface area contributed by atoms with Crippen LogP contribution in [0.15, 0.2) is 67.0 Å². The van der Waals surface area contributed by atoms with E-state index in [1.165, 1.54) is 23.1 Å². The number of hydrogen-bond acceptors (Lipinski definition) is 5. The van der Waals surface area contributed by atoms with Gasteiger partial charge in [-0.3, -0.25) is 14.5 Å². The Hall–Kier alpha value is -3.66. The predicted octanol–water partition coefficient (Wildman–Crippen LogP) is 4.93. The number of benzene rings is 2. The van der Waals surface area contributed by atoms with E-state index in [1.807, 2.05) is 0 Å². The maximum atomic E-state index is 14.4. The topological polar surface area (TPSA) is 78.4 Å². The summed E-state index contributed by atoms with van der Waals surface area (Å²) in [5.74, 6) is -4.27. The summed E-state index contributed by atoms with van der Waals surface area (Å²) in [6.07, 6.45) is 3.27. The highest BCUT2D eigenvalue weighted by molar-refractivity contribution is 6.31. The van der Waals surface area contributed by atoms with Gasteiger partial charge in [-0.05, 0) is 43.2 Å². The van der Waals surface area contributed by atoms with Gasteiger partial charge in [0.1, 0.15) is 17.9 Å². The van der Waals surface area contributed by atoms with E-state index in [-0.39, 0.29) is 16.3 Å². The zero-order valence-electron chi connectivity index (χ0n) is 20.2. The molecule has 2 aliphatic rings. The molecule has 0 bridgehead atoms. The molecule has 2 amide bonds. The third-order valence-corrected chi connectivity index (χ3v) is 7.16. The van der Waals surface area contributed by atoms with Crippen LogP contribution in [0, 0.1) is 5.82 Å². The zero-order valence-corrected chi connectivity index (χ0v) is 21.0. The van der Waals surface area contributed by atoms with E-state index in [4.69, 9.17) is 11.6 Å². The van der Waals surface area contributed by atoms with Crippen LogP contribution in [0.3, 0.4) is 0 Å². The molecule has 198 valence electrons. The van der Waals surface area contributed by atoms with Gasteiger partial charge in [-0.25, -0.2) is 23.1 Å². The Morgan fingerprint density at radius 3 is 2.50 bits per heavy atom. The van der Waals surface area contributed by atoms with Crippen molar-refractivity contribution >= 4 is 35.1 Å². The van der Waals surface area contributed by atoms with Crippen LogP contribution >= 0.6 is 11.6 Å². The first-order valence-corrected chi connectivity index (χ1v) is 12.7. The molecule has 1 saturated carbocycles.